The maximum atomic E-state index is 12.8. The van der Waals surface area contributed by atoms with Crippen molar-refractivity contribution >= 4 is 23.6 Å². The van der Waals surface area contributed by atoms with Gasteiger partial charge in [-0.2, -0.15) is 23.4 Å². The monoisotopic (exact) mass is 501 g/mol. The van der Waals surface area contributed by atoms with Gasteiger partial charge in [0, 0.05) is 23.5 Å². The number of hydrogen-bond donors (Lipinski definition) is 1. The Morgan fingerprint density at radius 3 is 2.43 bits per heavy atom. The fourth-order valence-electron chi connectivity index (χ4n) is 3.24. The summed E-state index contributed by atoms with van der Waals surface area (Å²) >= 11 is 5.95. The highest BCUT2D eigenvalue weighted by Gasteiger charge is 2.31. The van der Waals surface area contributed by atoms with Crippen molar-refractivity contribution in [3.8, 4) is 28.4 Å². The van der Waals surface area contributed by atoms with Gasteiger partial charge in [-0.05, 0) is 36.4 Å². The number of para-hydroxylation sites is 1. The van der Waals surface area contributed by atoms with Crippen LogP contribution < -0.4 is 14.9 Å². The Morgan fingerprint density at radius 1 is 1.03 bits per heavy atom. The molecule has 7 nitrogen and oxygen atoms in total. The van der Waals surface area contributed by atoms with Gasteiger partial charge >= 0.3 is 6.18 Å². The molecule has 2 heterocycles. The van der Waals surface area contributed by atoms with E-state index < -0.39 is 11.7 Å². The number of ether oxygens (including phenoxy) is 2. The molecule has 0 fully saturated rings. The number of anilines is 1. The van der Waals surface area contributed by atoms with Gasteiger partial charge in [-0.15, -0.1) is 0 Å². The van der Waals surface area contributed by atoms with E-state index in [1.165, 1.54) is 13.3 Å². The molecule has 0 bridgehead atoms. The van der Waals surface area contributed by atoms with E-state index in [2.05, 4.69) is 15.5 Å². The lowest BCUT2D eigenvalue weighted by molar-refractivity contribution is -0.137. The van der Waals surface area contributed by atoms with Crippen LogP contribution >= 0.6 is 11.6 Å². The van der Waals surface area contributed by atoms with Crippen LogP contribution in [0, 0.1) is 0 Å². The van der Waals surface area contributed by atoms with Crippen LogP contribution in [0.2, 0.25) is 5.02 Å². The zero-order valence-electron chi connectivity index (χ0n) is 18.5. The topological polar surface area (TPSA) is 73.6 Å². The highest BCUT2D eigenvalue weighted by atomic mass is 35.5. The molecule has 0 atom stereocenters. The molecule has 0 spiro atoms. The fraction of sp³-hybridized carbons (Fsp3) is 0.125. The Hall–Kier alpha value is -4.05. The molecular formula is C24H19ClF3N5O2. The first-order chi connectivity index (χ1) is 16.8. The molecule has 4 rings (SSSR count). The average molecular weight is 502 g/mol. The Morgan fingerprint density at radius 2 is 1.77 bits per heavy atom. The molecule has 1 N–H and O–H groups in total. The minimum Gasteiger partial charge on any atom is -0.493 e. The summed E-state index contributed by atoms with van der Waals surface area (Å²) in [4.78, 5) is 3.72. The van der Waals surface area contributed by atoms with Crippen molar-refractivity contribution in [2.24, 2.45) is 5.10 Å². The van der Waals surface area contributed by atoms with Gasteiger partial charge in [-0.3, -0.25) is 5.43 Å². The Labute approximate surface area is 203 Å². The Kier molecular flexibility index (Phi) is 6.92. The van der Waals surface area contributed by atoms with Gasteiger partial charge in [0.15, 0.2) is 17.3 Å². The van der Waals surface area contributed by atoms with Crippen molar-refractivity contribution in [3.05, 3.63) is 83.1 Å². The second kappa shape index (κ2) is 10.1. The number of aromatic nitrogens is 3. The summed E-state index contributed by atoms with van der Waals surface area (Å²) in [5.41, 5.74) is 4.42. The molecule has 0 unspecified atom stereocenters. The largest absolute Gasteiger partial charge is 0.493 e. The number of hydrazone groups is 1. The highest BCUT2D eigenvalue weighted by molar-refractivity contribution is 6.33. The quantitative estimate of drug-likeness (QED) is 0.246. The van der Waals surface area contributed by atoms with E-state index in [-0.39, 0.29) is 10.8 Å². The maximum Gasteiger partial charge on any atom is 0.417 e. The number of hydrogen-bond acceptors (Lipinski definition) is 6. The number of methoxy groups -OCH3 is 2. The van der Waals surface area contributed by atoms with Gasteiger partial charge in [-0.1, -0.05) is 29.8 Å². The molecule has 0 saturated heterocycles. The number of alkyl halides is 3. The second-order valence-electron chi connectivity index (χ2n) is 7.21. The number of nitrogens with zero attached hydrogens (tertiary/aromatic N) is 4. The summed E-state index contributed by atoms with van der Waals surface area (Å²) in [6.45, 7) is 0. The van der Waals surface area contributed by atoms with Crippen molar-refractivity contribution in [1.29, 1.82) is 0 Å². The van der Waals surface area contributed by atoms with Gasteiger partial charge in [0.2, 0.25) is 0 Å². The third-order valence-electron chi connectivity index (χ3n) is 4.96. The summed E-state index contributed by atoms with van der Waals surface area (Å²) < 4.78 is 51.0. The molecule has 2 aromatic heterocycles. The summed E-state index contributed by atoms with van der Waals surface area (Å²) in [5, 5.41) is 8.61. The van der Waals surface area contributed by atoms with Crippen LogP contribution in [0.4, 0.5) is 19.0 Å². The minimum atomic E-state index is -4.54. The first-order valence-corrected chi connectivity index (χ1v) is 10.6. The van der Waals surface area contributed by atoms with E-state index in [0.29, 0.717) is 29.0 Å². The van der Waals surface area contributed by atoms with Gasteiger partial charge in [0.05, 0.1) is 36.7 Å². The predicted octanol–water partition coefficient (Wildman–Crippen LogP) is 6.07. The van der Waals surface area contributed by atoms with E-state index >= 15 is 0 Å². The zero-order valence-corrected chi connectivity index (χ0v) is 19.3. The summed E-state index contributed by atoms with van der Waals surface area (Å²) in [5.74, 6) is 1.08. The molecular weight excluding hydrogens is 483 g/mol. The number of nitrogens with one attached hydrogen (secondary N) is 1. The number of benzene rings is 2. The van der Waals surface area contributed by atoms with E-state index in [1.54, 1.807) is 30.1 Å². The van der Waals surface area contributed by atoms with Crippen LogP contribution in [0.25, 0.3) is 16.9 Å². The summed E-state index contributed by atoms with van der Waals surface area (Å²) in [6.07, 6.45) is -0.604. The van der Waals surface area contributed by atoms with Crippen molar-refractivity contribution in [1.82, 2.24) is 14.8 Å². The van der Waals surface area contributed by atoms with Crippen molar-refractivity contribution < 1.29 is 22.6 Å². The number of rotatable bonds is 7. The number of pyridine rings is 1. The molecule has 35 heavy (non-hydrogen) atoms. The van der Waals surface area contributed by atoms with Crippen LogP contribution in [-0.2, 0) is 6.18 Å². The zero-order chi connectivity index (χ0) is 25.0. The molecule has 0 radical (unpaired) electrons. The van der Waals surface area contributed by atoms with E-state index in [4.69, 9.17) is 26.2 Å². The molecule has 0 aliphatic rings. The van der Waals surface area contributed by atoms with Crippen LogP contribution in [0.5, 0.6) is 11.5 Å². The van der Waals surface area contributed by atoms with E-state index in [9.17, 15) is 13.2 Å². The highest BCUT2D eigenvalue weighted by Crippen LogP contribution is 2.34. The Bertz CT molecular complexity index is 1360. The number of halogens is 4. The summed E-state index contributed by atoms with van der Waals surface area (Å²) in [6, 6.07) is 15.6. The van der Waals surface area contributed by atoms with Crippen LogP contribution in [-0.4, -0.2) is 35.2 Å². The van der Waals surface area contributed by atoms with Crippen LogP contribution in [0.1, 0.15) is 11.1 Å². The molecule has 4 aromatic rings. The van der Waals surface area contributed by atoms with Gasteiger partial charge in [0.1, 0.15) is 5.69 Å². The van der Waals surface area contributed by atoms with Crippen molar-refractivity contribution in [2.45, 2.75) is 6.18 Å². The lowest BCUT2D eigenvalue weighted by atomic mass is 10.1. The maximum absolute atomic E-state index is 12.8. The van der Waals surface area contributed by atoms with Crippen LogP contribution in [0.3, 0.4) is 0 Å². The lowest BCUT2D eigenvalue weighted by Gasteiger charge is -2.09. The van der Waals surface area contributed by atoms with E-state index in [0.717, 1.165) is 17.3 Å². The second-order valence-corrected chi connectivity index (χ2v) is 7.61. The lowest BCUT2D eigenvalue weighted by Crippen LogP contribution is -2.06. The molecule has 11 heteroatoms. The molecule has 0 amide bonds. The van der Waals surface area contributed by atoms with Crippen molar-refractivity contribution in [3.63, 3.8) is 0 Å². The molecule has 180 valence electrons. The molecule has 2 aromatic carbocycles. The molecule has 0 aliphatic carbocycles. The average Bonchev–Trinajstić information content (AvgIpc) is 3.28. The SMILES string of the molecule is COc1ccc(-c2nn(-c3ccccc3)cc2/C=N/Nc2ncc(C(F)(F)F)cc2Cl)cc1OC. The third kappa shape index (κ3) is 5.38. The fourth-order valence-corrected chi connectivity index (χ4v) is 3.45. The molecule has 0 saturated carbocycles. The smallest absolute Gasteiger partial charge is 0.417 e. The molecule has 0 aliphatic heterocycles. The van der Waals surface area contributed by atoms with Crippen LogP contribution in [0.15, 0.2) is 72.1 Å². The third-order valence-corrected chi connectivity index (χ3v) is 5.25. The van der Waals surface area contributed by atoms with Crippen molar-refractivity contribution in [2.75, 3.05) is 19.6 Å². The van der Waals surface area contributed by atoms with Gasteiger partial charge < -0.3 is 9.47 Å². The predicted molar refractivity (Wildman–Crippen MR) is 128 cm³/mol. The normalized spacial score (nSPS) is 11.6. The Balaban J connectivity index is 1.69. The van der Waals surface area contributed by atoms with Gasteiger partial charge in [-0.25, -0.2) is 9.67 Å². The van der Waals surface area contributed by atoms with Gasteiger partial charge in [0.25, 0.3) is 0 Å². The van der Waals surface area contributed by atoms with E-state index in [1.807, 2.05) is 36.4 Å². The summed E-state index contributed by atoms with van der Waals surface area (Å²) in [7, 11) is 3.09. The first kappa shape index (κ1) is 24.1. The first-order valence-electron chi connectivity index (χ1n) is 10.2. The standard InChI is InChI=1S/C24H19ClF3N5O2/c1-34-20-9-8-15(10-21(20)35-2)22-16(14-33(32-22)18-6-4-3-5-7-18)12-30-31-23-19(25)11-17(13-29-23)24(26,27)28/h3-14H,1-2H3,(H,29,31)/b30-12+. The minimum absolute atomic E-state index is 0.0148.